The summed E-state index contributed by atoms with van der Waals surface area (Å²) >= 11 is 0. The van der Waals surface area contributed by atoms with Crippen molar-refractivity contribution in [3.05, 3.63) is 46.3 Å². The number of carbonyl (C=O) groups excluding carboxylic acids is 2. The fourth-order valence-electron chi connectivity index (χ4n) is 4.50. The van der Waals surface area contributed by atoms with E-state index in [0.717, 1.165) is 23.4 Å². The van der Waals surface area contributed by atoms with Crippen LogP contribution in [0.4, 0.5) is 0 Å². The third kappa shape index (κ3) is 3.41. The second-order valence-corrected chi connectivity index (χ2v) is 8.47. The van der Waals surface area contributed by atoms with Gasteiger partial charge in [-0.2, -0.15) is 0 Å². The van der Waals surface area contributed by atoms with Gasteiger partial charge in [0.15, 0.2) is 17.3 Å². The number of Topliss-reactive ketones (excluding diaryl/α,β-unsaturated/α-hetero) is 1. The Bertz CT molecular complexity index is 941. The summed E-state index contributed by atoms with van der Waals surface area (Å²) in [6, 6.07) is 5.63. The molecule has 0 saturated carbocycles. The van der Waals surface area contributed by atoms with Crippen LogP contribution in [-0.2, 0) is 14.3 Å². The highest BCUT2D eigenvalue weighted by atomic mass is 16.7. The molecule has 3 aliphatic rings. The zero-order valence-electron chi connectivity index (χ0n) is 17.4. The first-order valence-corrected chi connectivity index (χ1v) is 10.2. The molecular formula is C23H27NO5. The van der Waals surface area contributed by atoms with Crippen LogP contribution in [0.5, 0.6) is 11.5 Å². The van der Waals surface area contributed by atoms with E-state index < -0.39 is 5.92 Å². The van der Waals surface area contributed by atoms with Crippen molar-refractivity contribution >= 4 is 11.8 Å². The monoisotopic (exact) mass is 397 g/mol. The number of hydrogen-bond donors (Lipinski definition) is 1. The molecular weight excluding hydrogens is 370 g/mol. The van der Waals surface area contributed by atoms with Crippen LogP contribution in [-0.4, -0.2) is 25.2 Å². The number of carbonyl (C=O) groups is 2. The molecule has 6 nitrogen and oxygen atoms in total. The quantitative estimate of drug-likeness (QED) is 0.775. The van der Waals surface area contributed by atoms with E-state index in [1.807, 2.05) is 25.1 Å². The Balaban J connectivity index is 1.89. The average molecular weight is 397 g/mol. The molecule has 1 N–H and O–H groups in total. The Morgan fingerprint density at radius 3 is 2.69 bits per heavy atom. The lowest BCUT2D eigenvalue weighted by molar-refractivity contribution is -0.138. The van der Waals surface area contributed by atoms with E-state index in [-0.39, 0.29) is 30.6 Å². The lowest BCUT2D eigenvalue weighted by atomic mass is 9.68. The summed E-state index contributed by atoms with van der Waals surface area (Å²) in [6.07, 6.45) is 1.85. The fourth-order valence-corrected chi connectivity index (χ4v) is 4.50. The molecule has 0 saturated heterocycles. The predicted molar refractivity (Wildman–Crippen MR) is 107 cm³/mol. The molecule has 2 aliphatic heterocycles. The summed E-state index contributed by atoms with van der Waals surface area (Å²) in [6.45, 7) is 8.44. The zero-order valence-corrected chi connectivity index (χ0v) is 17.4. The van der Waals surface area contributed by atoms with Gasteiger partial charge < -0.3 is 19.5 Å². The number of ketones is 1. The van der Waals surface area contributed by atoms with Gasteiger partial charge in [-0.15, -0.1) is 0 Å². The lowest BCUT2D eigenvalue weighted by Crippen LogP contribution is -2.39. The number of rotatable bonds is 4. The maximum atomic E-state index is 13.3. The molecule has 0 radical (unpaired) electrons. The van der Waals surface area contributed by atoms with Crippen molar-refractivity contribution in [2.75, 3.05) is 13.4 Å². The Kier molecular flexibility index (Phi) is 4.89. The number of benzene rings is 1. The second-order valence-electron chi connectivity index (χ2n) is 8.47. The zero-order chi connectivity index (χ0) is 20.8. The first-order valence-electron chi connectivity index (χ1n) is 10.2. The molecule has 1 aromatic carbocycles. The topological polar surface area (TPSA) is 73.9 Å². The summed E-state index contributed by atoms with van der Waals surface area (Å²) in [5.41, 5.74) is 3.63. The minimum Gasteiger partial charge on any atom is -0.463 e. The second kappa shape index (κ2) is 7.25. The van der Waals surface area contributed by atoms with E-state index in [9.17, 15) is 9.59 Å². The van der Waals surface area contributed by atoms with Gasteiger partial charge in [0.2, 0.25) is 6.79 Å². The number of hydrogen-bond acceptors (Lipinski definition) is 6. The van der Waals surface area contributed by atoms with Gasteiger partial charge in [-0.25, -0.2) is 4.79 Å². The third-order valence-electron chi connectivity index (χ3n) is 5.70. The summed E-state index contributed by atoms with van der Waals surface area (Å²) < 4.78 is 16.4. The molecule has 1 atom stereocenters. The molecule has 1 aliphatic carbocycles. The van der Waals surface area contributed by atoms with Gasteiger partial charge in [-0.05, 0) is 42.9 Å². The maximum absolute atomic E-state index is 13.3. The Hall–Kier alpha value is -2.76. The molecule has 6 heteroatoms. The van der Waals surface area contributed by atoms with Crippen LogP contribution in [0.25, 0.3) is 0 Å². The van der Waals surface area contributed by atoms with Crippen molar-refractivity contribution in [3.63, 3.8) is 0 Å². The highest BCUT2D eigenvalue weighted by Crippen LogP contribution is 2.48. The van der Waals surface area contributed by atoms with Crippen molar-refractivity contribution in [2.24, 2.45) is 5.41 Å². The van der Waals surface area contributed by atoms with Gasteiger partial charge >= 0.3 is 5.97 Å². The average Bonchev–Trinajstić information content (AvgIpc) is 3.13. The molecule has 0 spiro atoms. The van der Waals surface area contributed by atoms with Crippen molar-refractivity contribution in [1.29, 1.82) is 0 Å². The molecule has 29 heavy (non-hydrogen) atoms. The van der Waals surface area contributed by atoms with E-state index in [0.29, 0.717) is 35.5 Å². The first-order chi connectivity index (χ1) is 13.8. The molecule has 1 aromatic rings. The highest BCUT2D eigenvalue weighted by Gasteiger charge is 2.43. The van der Waals surface area contributed by atoms with Crippen LogP contribution >= 0.6 is 0 Å². The number of esters is 1. The van der Waals surface area contributed by atoms with Crippen molar-refractivity contribution in [1.82, 2.24) is 5.32 Å². The predicted octanol–water partition coefficient (Wildman–Crippen LogP) is 3.97. The Labute approximate surface area is 170 Å². The molecule has 0 bridgehead atoms. The van der Waals surface area contributed by atoms with Crippen LogP contribution in [0.15, 0.2) is 40.7 Å². The van der Waals surface area contributed by atoms with E-state index in [1.54, 1.807) is 6.92 Å². The van der Waals surface area contributed by atoms with Crippen molar-refractivity contribution < 1.29 is 23.8 Å². The normalized spacial score (nSPS) is 22.3. The van der Waals surface area contributed by atoms with Gasteiger partial charge in [0.05, 0.1) is 12.2 Å². The van der Waals surface area contributed by atoms with Crippen molar-refractivity contribution in [3.8, 4) is 11.5 Å². The van der Waals surface area contributed by atoms with Crippen LogP contribution in [0.1, 0.15) is 58.4 Å². The van der Waals surface area contributed by atoms with Crippen LogP contribution in [0, 0.1) is 5.41 Å². The number of nitrogens with one attached hydrogen (secondary N) is 1. The van der Waals surface area contributed by atoms with E-state index >= 15 is 0 Å². The first kappa shape index (κ1) is 19.6. The summed E-state index contributed by atoms with van der Waals surface area (Å²) in [7, 11) is 0. The SMILES string of the molecule is CCOC(=O)C1=C(CC)NC2=C(C(=O)CC(C)(C)C2)C1c1ccc2c(c1)OCO2. The standard InChI is InChI=1S/C23H27NO5/c1-5-14-21(22(26)27-6-2)19(13-7-8-17-18(9-13)29-12-28-17)20-15(24-14)10-23(3,4)11-16(20)25/h7-9,19,24H,5-6,10-12H2,1-4H3. The Morgan fingerprint density at radius 2 is 1.97 bits per heavy atom. The maximum Gasteiger partial charge on any atom is 0.336 e. The van der Waals surface area contributed by atoms with Gasteiger partial charge in [-0.1, -0.05) is 26.8 Å². The van der Waals surface area contributed by atoms with Crippen LogP contribution < -0.4 is 14.8 Å². The number of ether oxygens (including phenoxy) is 3. The molecule has 0 fully saturated rings. The molecule has 2 heterocycles. The van der Waals surface area contributed by atoms with Crippen LogP contribution in [0.3, 0.4) is 0 Å². The summed E-state index contributed by atoms with van der Waals surface area (Å²) in [5, 5.41) is 3.41. The molecule has 4 rings (SSSR count). The van der Waals surface area contributed by atoms with E-state index in [4.69, 9.17) is 14.2 Å². The van der Waals surface area contributed by atoms with Gasteiger partial charge in [0, 0.05) is 29.3 Å². The molecule has 154 valence electrons. The van der Waals surface area contributed by atoms with E-state index in [1.165, 1.54) is 0 Å². The minimum absolute atomic E-state index is 0.0726. The fraction of sp³-hybridized carbons (Fsp3) is 0.478. The van der Waals surface area contributed by atoms with E-state index in [2.05, 4.69) is 19.2 Å². The number of allylic oxidation sites excluding steroid dienone is 3. The molecule has 1 unspecified atom stereocenters. The highest BCUT2D eigenvalue weighted by molar-refractivity contribution is 6.04. The summed E-state index contributed by atoms with van der Waals surface area (Å²) in [5.74, 6) is 0.517. The van der Waals surface area contributed by atoms with Gasteiger partial charge in [-0.3, -0.25) is 4.79 Å². The van der Waals surface area contributed by atoms with Crippen LogP contribution in [0.2, 0.25) is 0 Å². The number of dihydropyridines is 1. The molecule has 0 amide bonds. The van der Waals surface area contributed by atoms with Gasteiger partial charge in [0.1, 0.15) is 0 Å². The van der Waals surface area contributed by atoms with Crippen molar-refractivity contribution in [2.45, 2.75) is 52.9 Å². The lowest BCUT2D eigenvalue weighted by Gasteiger charge is -2.40. The third-order valence-corrected chi connectivity index (χ3v) is 5.70. The Morgan fingerprint density at radius 1 is 1.21 bits per heavy atom. The summed E-state index contributed by atoms with van der Waals surface area (Å²) in [4.78, 5) is 26.2. The number of fused-ring (bicyclic) bond motifs is 1. The molecule has 0 aromatic heterocycles. The van der Waals surface area contributed by atoms with Gasteiger partial charge in [0.25, 0.3) is 0 Å². The smallest absolute Gasteiger partial charge is 0.336 e. The minimum atomic E-state index is -0.474. The largest absolute Gasteiger partial charge is 0.463 e.